The number of aliphatic hydroxyl groups excluding tert-OH is 1. The van der Waals surface area contributed by atoms with Crippen molar-refractivity contribution in [2.24, 2.45) is 5.73 Å². The van der Waals surface area contributed by atoms with Gasteiger partial charge in [-0.3, -0.25) is 0 Å². The first-order valence-corrected chi connectivity index (χ1v) is 1.72. The van der Waals surface area contributed by atoms with Gasteiger partial charge >= 0.3 is 0 Å². The maximum Gasteiger partial charge on any atom is 0.0553 e. The molecule has 0 saturated heterocycles. The standard InChI is InChI=1S/C2H7NO.C2H4.2H3N/c3-1-2-4;1-2;;/h4H,1-3H2;1-2H2;2*1H3. The average molecular weight is 123 g/mol. The zero-order valence-corrected chi connectivity index (χ0v) is 5.27. The Hall–Kier alpha value is -0.420. The number of aliphatic hydroxyl groups is 1. The number of rotatable bonds is 1. The van der Waals surface area contributed by atoms with Crippen LogP contribution >= 0.6 is 0 Å². The highest BCUT2D eigenvalue weighted by Crippen LogP contribution is 1.33. The highest BCUT2D eigenvalue weighted by Gasteiger charge is 1.56. The topological polar surface area (TPSA) is 116 Å². The van der Waals surface area contributed by atoms with E-state index in [2.05, 4.69) is 13.2 Å². The third kappa shape index (κ3) is 348. The van der Waals surface area contributed by atoms with Gasteiger partial charge in [-0.2, -0.15) is 0 Å². The normalized spacial score (nSPS) is 4.25. The molecule has 4 nitrogen and oxygen atoms in total. The summed E-state index contributed by atoms with van der Waals surface area (Å²) in [7, 11) is 0. The molecule has 0 saturated carbocycles. The molecule has 0 bridgehead atoms. The summed E-state index contributed by atoms with van der Waals surface area (Å²) in [6.45, 7) is 6.47. The number of hydrogen-bond acceptors (Lipinski definition) is 4. The molecule has 0 spiro atoms. The van der Waals surface area contributed by atoms with Crippen LogP contribution in [0.2, 0.25) is 0 Å². The SMILES string of the molecule is C=C.N.N.NCCO. The Morgan fingerprint density at radius 1 is 1.25 bits per heavy atom. The zero-order valence-electron chi connectivity index (χ0n) is 5.27. The van der Waals surface area contributed by atoms with Gasteiger partial charge in [0.2, 0.25) is 0 Å². The molecule has 0 aromatic carbocycles. The first kappa shape index (κ1) is 25.6. The molecule has 0 unspecified atom stereocenters. The van der Waals surface area contributed by atoms with Crippen LogP contribution in [0, 0.1) is 0 Å². The molecule has 8 heavy (non-hydrogen) atoms. The van der Waals surface area contributed by atoms with Gasteiger partial charge in [-0.15, -0.1) is 13.2 Å². The maximum atomic E-state index is 7.75. The lowest BCUT2D eigenvalue weighted by Crippen LogP contribution is -2.02. The Kier molecular flexibility index (Phi) is 263. The Balaban J connectivity index is -0.0000000183. The smallest absolute Gasteiger partial charge is 0.0553 e. The van der Waals surface area contributed by atoms with Crippen LogP contribution in [0.25, 0.3) is 0 Å². The fourth-order valence-electron chi connectivity index (χ4n) is 0. The summed E-state index contributed by atoms with van der Waals surface area (Å²) < 4.78 is 0. The third-order valence-corrected chi connectivity index (χ3v) is 0.129. The van der Waals surface area contributed by atoms with E-state index in [1.54, 1.807) is 0 Å². The maximum absolute atomic E-state index is 7.75. The summed E-state index contributed by atoms with van der Waals surface area (Å²) in [6, 6.07) is 0. The molecule has 0 radical (unpaired) electrons. The van der Waals surface area contributed by atoms with E-state index in [1.807, 2.05) is 0 Å². The summed E-state index contributed by atoms with van der Waals surface area (Å²) >= 11 is 0. The fraction of sp³-hybridized carbons (Fsp3) is 0.500. The van der Waals surface area contributed by atoms with Crippen molar-refractivity contribution in [1.29, 1.82) is 0 Å². The van der Waals surface area contributed by atoms with Gasteiger partial charge in [0.05, 0.1) is 6.61 Å². The van der Waals surface area contributed by atoms with Crippen LogP contribution in [0.1, 0.15) is 0 Å². The largest absolute Gasteiger partial charge is 0.395 e. The molecular formula is C4H17N3O. The second-order valence-electron chi connectivity index (χ2n) is 0.512. The highest BCUT2D eigenvalue weighted by atomic mass is 16.3. The molecule has 0 heterocycles. The molecule has 9 N–H and O–H groups in total. The quantitative estimate of drug-likeness (QED) is 0.369. The van der Waals surface area contributed by atoms with Crippen molar-refractivity contribution in [2.75, 3.05) is 13.2 Å². The van der Waals surface area contributed by atoms with Gasteiger partial charge < -0.3 is 23.1 Å². The molecule has 0 aliphatic rings. The van der Waals surface area contributed by atoms with Crippen molar-refractivity contribution < 1.29 is 5.11 Å². The van der Waals surface area contributed by atoms with Crippen molar-refractivity contribution in [3.63, 3.8) is 0 Å². The zero-order chi connectivity index (χ0) is 5.41. The minimum absolute atomic E-state index is 0. The number of hydrogen-bond donors (Lipinski definition) is 4. The number of nitrogens with two attached hydrogens (primary N) is 1. The fourth-order valence-corrected chi connectivity index (χ4v) is 0. The summed E-state index contributed by atoms with van der Waals surface area (Å²) in [5.74, 6) is 0. The first-order chi connectivity index (χ1) is 2.91. The molecule has 0 atom stereocenters. The second-order valence-corrected chi connectivity index (χ2v) is 0.512. The van der Waals surface area contributed by atoms with Crippen LogP contribution in [0.3, 0.4) is 0 Å². The van der Waals surface area contributed by atoms with Crippen molar-refractivity contribution in [3.8, 4) is 0 Å². The predicted molar refractivity (Wildman–Crippen MR) is 37.4 cm³/mol. The highest BCUT2D eigenvalue weighted by molar-refractivity contribution is 4.22. The lowest BCUT2D eigenvalue weighted by Gasteiger charge is -1.71. The van der Waals surface area contributed by atoms with Gasteiger partial charge in [0.15, 0.2) is 0 Å². The Morgan fingerprint density at radius 2 is 1.38 bits per heavy atom. The van der Waals surface area contributed by atoms with E-state index in [-0.39, 0.29) is 18.9 Å². The van der Waals surface area contributed by atoms with E-state index in [0.29, 0.717) is 6.54 Å². The van der Waals surface area contributed by atoms with Crippen molar-refractivity contribution in [3.05, 3.63) is 13.2 Å². The molecule has 0 amide bonds. The van der Waals surface area contributed by atoms with E-state index < -0.39 is 0 Å². The van der Waals surface area contributed by atoms with E-state index in [0.717, 1.165) is 0 Å². The van der Waals surface area contributed by atoms with Crippen LogP contribution in [0.4, 0.5) is 0 Å². The van der Waals surface area contributed by atoms with Crippen LogP contribution < -0.4 is 18.0 Å². The van der Waals surface area contributed by atoms with Gasteiger partial charge in [-0.1, -0.05) is 0 Å². The van der Waals surface area contributed by atoms with Gasteiger partial charge in [0, 0.05) is 6.54 Å². The molecule has 54 valence electrons. The van der Waals surface area contributed by atoms with Crippen LogP contribution in [-0.4, -0.2) is 18.3 Å². The molecule has 0 aromatic rings. The molecule has 0 aliphatic carbocycles. The van der Waals surface area contributed by atoms with Gasteiger partial charge in [0.1, 0.15) is 0 Å². The van der Waals surface area contributed by atoms with E-state index in [4.69, 9.17) is 10.8 Å². The monoisotopic (exact) mass is 123 g/mol. The molecule has 0 rings (SSSR count). The van der Waals surface area contributed by atoms with Crippen LogP contribution in [-0.2, 0) is 0 Å². The summed E-state index contributed by atoms with van der Waals surface area (Å²) in [5, 5.41) is 7.75. The van der Waals surface area contributed by atoms with Gasteiger partial charge in [0.25, 0.3) is 0 Å². The Labute approximate surface area is 50.6 Å². The third-order valence-electron chi connectivity index (χ3n) is 0.129. The molecule has 0 aromatic heterocycles. The second kappa shape index (κ2) is 82.1. The van der Waals surface area contributed by atoms with Gasteiger partial charge in [-0.05, 0) is 0 Å². The summed E-state index contributed by atoms with van der Waals surface area (Å²) in [6.07, 6.45) is 0. The van der Waals surface area contributed by atoms with Crippen LogP contribution in [0.15, 0.2) is 13.2 Å². The Morgan fingerprint density at radius 3 is 1.38 bits per heavy atom. The van der Waals surface area contributed by atoms with E-state index in [1.165, 1.54) is 0 Å². The molecular weight excluding hydrogens is 106 g/mol. The van der Waals surface area contributed by atoms with Crippen LogP contribution in [0.5, 0.6) is 0 Å². The lowest BCUT2D eigenvalue weighted by atomic mass is 10.8. The molecule has 4 heteroatoms. The predicted octanol–water partition coefficient (Wildman–Crippen LogP) is 0.0636. The summed E-state index contributed by atoms with van der Waals surface area (Å²) in [4.78, 5) is 0. The van der Waals surface area contributed by atoms with E-state index >= 15 is 0 Å². The average Bonchev–Trinajstić information content (AvgIpc) is 1.72. The lowest BCUT2D eigenvalue weighted by molar-refractivity contribution is 0.306. The first-order valence-electron chi connectivity index (χ1n) is 1.72. The Bertz CT molecular complexity index is 18.8. The summed E-state index contributed by atoms with van der Waals surface area (Å²) in [5.41, 5.74) is 4.78. The molecule has 0 fully saturated rings. The van der Waals surface area contributed by atoms with Crippen molar-refractivity contribution in [1.82, 2.24) is 12.3 Å². The molecule has 0 aliphatic heterocycles. The van der Waals surface area contributed by atoms with Gasteiger partial charge in [-0.25, -0.2) is 0 Å². The van der Waals surface area contributed by atoms with Crippen molar-refractivity contribution in [2.45, 2.75) is 0 Å². The minimum atomic E-state index is 0. The van der Waals surface area contributed by atoms with Crippen molar-refractivity contribution >= 4 is 0 Å². The van der Waals surface area contributed by atoms with E-state index in [9.17, 15) is 0 Å². The minimum Gasteiger partial charge on any atom is -0.395 e.